The summed E-state index contributed by atoms with van der Waals surface area (Å²) in [4.78, 5) is 31.1. The number of rotatable bonds is 7. The molecule has 0 bridgehead atoms. The summed E-state index contributed by atoms with van der Waals surface area (Å²) in [6.07, 6.45) is 2.22. The van der Waals surface area contributed by atoms with Crippen molar-refractivity contribution >= 4 is 22.8 Å². The number of hydrogen-bond acceptors (Lipinski definition) is 6. The molecule has 1 saturated heterocycles. The molecule has 2 amide bonds. The zero-order valence-corrected chi connectivity index (χ0v) is 16.6. The molecule has 2 aromatic heterocycles. The lowest BCUT2D eigenvalue weighted by atomic mass is 9.91. The summed E-state index contributed by atoms with van der Waals surface area (Å²) in [6, 6.07) is 9.00. The number of nitrogens with two attached hydrogens (primary N) is 1. The first-order valence-corrected chi connectivity index (χ1v) is 9.79. The van der Waals surface area contributed by atoms with Crippen LogP contribution in [-0.4, -0.2) is 46.5 Å². The van der Waals surface area contributed by atoms with E-state index in [9.17, 15) is 14.7 Å². The number of aryl methyl sites for hydroxylation is 1. The van der Waals surface area contributed by atoms with E-state index in [4.69, 9.17) is 14.9 Å². The van der Waals surface area contributed by atoms with Crippen LogP contribution >= 0.6 is 0 Å². The lowest BCUT2D eigenvalue weighted by Gasteiger charge is -2.18. The van der Waals surface area contributed by atoms with Crippen molar-refractivity contribution in [2.24, 2.45) is 5.73 Å². The fourth-order valence-electron chi connectivity index (χ4n) is 4.07. The molecule has 8 nitrogen and oxygen atoms in total. The summed E-state index contributed by atoms with van der Waals surface area (Å²) >= 11 is 0. The molecule has 3 N–H and O–H groups in total. The predicted octanol–water partition coefficient (Wildman–Crippen LogP) is 2.12. The molecule has 3 aromatic rings. The van der Waals surface area contributed by atoms with Crippen molar-refractivity contribution in [2.45, 2.75) is 25.9 Å². The van der Waals surface area contributed by atoms with Gasteiger partial charge in [-0.3, -0.25) is 14.6 Å². The van der Waals surface area contributed by atoms with Crippen molar-refractivity contribution in [1.82, 2.24) is 9.88 Å². The number of primary amides is 1. The molecule has 8 heteroatoms. The fourth-order valence-corrected chi connectivity index (χ4v) is 4.07. The minimum Gasteiger partial charge on any atom is -0.487 e. The van der Waals surface area contributed by atoms with Crippen LogP contribution in [0.5, 0.6) is 5.75 Å². The van der Waals surface area contributed by atoms with Crippen LogP contribution in [0.3, 0.4) is 0 Å². The zero-order chi connectivity index (χ0) is 21.3. The van der Waals surface area contributed by atoms with Gasteiger partial charge in [-0.25, -0.2) is 0 Å². The third-order valence-electron chi connectivity index (χ3n) is 5.40. The van der Waals surface area contributed by atoms with Gasteiger partial charge in [-0.15, -0.1) is 0 Å². The van der Waals surface area contributed by atoms with Crippen LogP contribution in [0.15, 0.2) is 40.9 Å². The van der Waals surface area contributed by atoms with Crippen LogP contribution < -0.4 is 10.5 Å². The number of β-amino-alcohol motifs (C(OH)–C–C–N with tert-alkyl or cyclic N) is 1. The lowest BCUT2D eigenvalue weighted by molar-refractivity contribution is -0.129. The van der Waals surface area contributed by atoms with Gasteiger partial charge in [0.2, 0.25) is 5.91 Å². The number of aliphatic hydroxyl groups excluding tert-OH is 1. The normalized spacial score (nSPS) is 16.4. The number of ether oxygens (including phenoxy) is 1. The minimum absolute atomic E-state index is 0.108. The molecule has 1 unspecified atom stereocenters. The van der Waals surface area contributed by atoms with Gasteiger partial charge in [0.25, 0.3) is 5.91 Å². The molecule has 1 aliphatic heterocycles. The Balaban J connectivity index is 1.83. The number of carbonyl (C=O) groups excluding carboxylic acids is 2. The quantitative estimate of drug-likeness (QED) is 0.617. The number of aliphatic hydroxyl groups is 1. The molecule has 0 aliphatic carbocycles. The number of carbonyl (C=O) groups is 2. The highest BCUT2D eigenvalue weighted by Gasteiger charge is 2.37. The molecular formula is C22H23N3O5. The van der Waals surface area contributed by atoms with Gasteiger partial charge in [-0.2, -0.15) is 0 Å². The SMILES string of the molecule is Cc1oc2ccc(OCc3ccccn3)c(C3CCN(CCO)C3=O)c2c1C(N)=O. The molecule has 3 heterocycles. The highest BCUT2D eigenvalue weighted by molar-refractivity contribution is 6.09. The summed E-state index contributed by atoms with van der Waals surface area (Å²) in [6.45, 7) is 2.56. The summed E-state index contributed by atoms with van der Waals surface area (Å²) in [5.74, 6) is -0.367. The number of likely N-dealkylation sites (tertiary alicyclic amines) is 1. The molecule has 1 aliphatic rings. The Hall–Kier alpha value is -3.39. The number of fused-ring (bicyclic) bond motifs is 1. The number of aromatic nitrogens is 1. The minimum atomic E-state index is -0.618. The van der Waals surface area contributed by atoms with E-state index in [1.807, 2.05) is 18.2 Å². The third kappa shape index (κ3) is 3.50. The molecular weight excluding hydrogens is 386 g/mol. The number of hydrogen-bond donors (Lipinski definition) is 2. The van der Waals surface area contributed by atoms with Gasteiger partial charge < -0.3 is 24.9 Å². The Morgan fingerprint density at radius 2 is 2.20 bits per heavy atom. The van der Waals surface area contributed by atoms with E-state index in [0.717, 1.165) is 5.69 Å². The Morgan fingerprint density at radius 3 is 2.90 bits per heavy atom. The van der Waals surface area contributed by atoms with Crippen LogP contribution in [0.25, 0.3) is 11.0 Å². The Morgan fingerprint density at radius 1 is 1.37 bits per heavy atom. The van der Waals surface area contributed by atoms with Crippen LogP contribution in [0.1, 0.15) is 39.7 Å². The highest BCUT2D eigenvalue weighted by atomic mass is 16.5. The predicted molar refractivity (Wildman–Crippen MR) is 109 cm³/mol. The number of amides is 2. The fraction of sp³-hybridized carbons (Fsp3) is 0.318. The highest BCUT2D eigenvalue weighted by Crippen LogP contribution is 2.42. The summed E-state index contributed by atoms with van der Waals surface area (Å²) in [7, 11) is 0. The molecule has 1 aromatic carbocycles. The van der Waals surface area contributed by atoms with E-state index in [1.54, 1.807) is 30.2 Å². The van der Waals surface area contributed by atoms with Crippen molar-refractivity contribution in [3.8, 4) is 5.75 Å². The average Bonchev–Trinajstić information content (AvgIpc) is 3.26. The van der Waals surface area contributed by atoms with Crippen molar-refractivity contribution < 1.29 is 23.8 Å². The maximum absolute atomic E-state index is 13.1. The molecule has 1 atom stereocenters. The van der Waals surface area contributed by atoms with Crippen molar-refractivity contribution in [2.75, 3.05) is 19.7 Å². The van der Waals surface area contributed by atoms with Crippen LogP contribution in [0.2, 0.25) is 0 Å². The van der Waals surface area contributed by atoms with Gasteiger partial charge >= 0.3 is 0 Å². The number of nitrogens with zero attached hydrogens (tertiary/aromatic N) is 2. The molecule has 30 heavy (non-hydrogen) atoms. The topological polar surface area (TPSA) is 119 Å². The van der Waals surface area contributed by atoms with Gasteiger partial charge in [-0.05, 0) is 37.6 Å². The second-order valence-corrected chi connectivity index (χ2v) is 7.25. The summed E-state index contributed by atoms with van der Waals surface area (Å²) in [5.41, 5.74) is 7.72. The summed E-state index contributed by atoms with van der Waals surface area (Å²) in [5, 5.41) is 9.77. The van der Waals surface area contributed by atoms with Crippen molar-refractivity contribution in [1.29, 1.82) is 0 Å². The van der Waals surface area contributed by atoms with Gasteiger partial charge in [0, 0.05) is 30.2 Å². The van der Waals surface area contributed by atoms with E-state index in [2.05, 4.69) is 4.98 Å². The van der Waals surface area contributed by atoms with E-state index >= 15 is 0 Å². The molecule has 0 radical (unpaired) electrons. The second-order valence-electron chi connectivity index (χ2n) is 7.25. The Kier molecular flexibility index (Phi) is 5.41. The maximum Gasteiger partial charge on any atom is 0.252 e. The largest absolute Gasteiger partial charge is 0.487 e. The number of benzene rings is 1. The van der Waals surface area contributed by atoms with E-state index in [-0.39, 0.29) is 31.2 Å². The molecule has 156 valence electrons. The third-order valence-corrected chi connectivity index (χ3v) is 5.40. The number of pyridine rings is 1. The van der Waals surface area contributed by atoms with Crippen molar-refractivity contribution in [3.63, 3.8) is 0 Å². The first kappa shape index (κ1) is 19.9. The Bertz CT molecular complexity index is 1090. The van der Waals surface area contributed by atoms with Gasteiger partial charge in [0.05, 0.1) is 23.8 Å². The first-order chi connectivity index (χ1) is 14.5. The van der Waals surface area contributed by atoms with Gasteiger partial charge in [-0.1, -0.05) is 6.07 Å². The maximum atomic E-state index is 13.1. The van der Waals surface area contributed by atoms with E-state index < -0.39 is 11.8 Å². The van der Waals surface area contributed by atoms with Gasteiger partial charge in [0.15, 0.2) is 0 Å². The Labute approximate surface area is 173 Å². The standard InChI is InChI=1S/C22H23N3O5/c1-13-18(21(23)27)20-17(30-13)6-5-16(29-12-14-4-2-3-8-24-14)19(20)15-7-9-25(10-11-26)22(15)28/h2-6,8,15,26H,7,9-12H2,1H3,(H2,23,27). The van der Waals surface area contributed by atoms with Gasteiger partial charge in [0.1, 0.15) is 23.7 Å². The number of furan rings is 1. The first-order valence-electron chi connectivity index (χ1n) is 9.79. The van der Waals surface area contributed by atoms with Crippen LogP contribution in [0.4, 0.5) is 0 Å². The van der Waals surface area contributed by atoms with Crippen LogP contribution in [0, 0.1) is 6.92 Å². The molecule has 1 fully saturated rings. The smallest absolute Gasteiger partial charge is 0.252 e. The zero-order valence-electron chi connectivity index (χ0n) is 16.6. The molecule has 4 rings (SSSR count). The average molecular weight is 409 g/mol. The monoisotopic (exact) mass is 409 g/mol. The molecule has 0 saturated carbocycles. The van der Waals surface area contributed by atoms with Crippen molar-refractivity contribution in [3.05, 3.63) is 59.1 Å². The summed E-state index contributed by atoms with van der Waals surface area (Å²) < 4.78 is 11.8. The molecule has 0 spiro atoms. The van der Waals surface area contributed by atoms with E-state index in [0.29, 0.717) is 41.0 Å². The van der Waals surface area contributed by atoms with E-state index in [1.165, 1.54) is 0 Å². The second kappa shape index (κ2) is 8.16. The lowest BCUT2D eigenvalue weighted by Crippen LogP contribution is -2.29. The van der Waals surface area contributed by atoms with Crippen LogP contribution in [-0.2, 0) is 11.4 Å².